The van der Waals surface area contributed by atoms with Crippen molar-refractivity contribution in [3.63, 3.8) is 0 Å². The second-order valence-corrected chi connectivity index (χ2v) is 4.38. The van der Waals surface area contributed by atoms with Crippen molar-refractivity contribution in [3.05, 3.63) is 29.8 Å². The van der Waals surface area contributed by atoms with Gasteiger partial charge in [-0.1, -0.05) is 0 Å². The van der Waals surface area contributed by atoms with E-state index in [0.29, 0.717) is 22.3 Å². The molecule has 0 saturated heterocycles. The quantitative estimate of drug-likeness (QED) is 0.902. The summed E-state index contributed by atoms with van der Waals surface area (Å²) in [6.07, 6.45) is 1.62. The molecule has 0 aliphatic rings. The van der Waals surface area contributed by atoms with Gasteiger partial charge in [0, 0.05) is 23.3 Å². The van der Waals surface area contributed by atoms with Crippen molar-refractivity contribution in [3.8, 4) is 11.5 Å². The van der Waals surface area contributed by atoms with Crippen LogP contribution in [0, 0.1) is 0 Å². The number of urea groups is 1. The van der Waals surface area contributed by atoms with Crippen LogP contribution in [0.2, 0.25) is 0 Å². The van der Waals surface area contributed by atoms with Crippen molar-refractivity contribution in [2.75, 3.05) is 24.9 Å². The first-order valence-electron chi connectivity index (χ1n) is 5.42. The zero-order valence-electron chi connectivity index (χ0n) is 10.5. The number of rotatable bonds is 4. The van der Waals surface area contributed by atoms with E-state index in [-0.39, 0.29) is 6.03 Å². The zero-order chi connectivity index (χ0) is 13.7. The van der Waals surface area contributed by atoms with Gasteiger partial charge in [-0.25, -0.2) is 9.78 Å². The largest absolute Gasteiger partial charge is 0.493 e. The number of nitrogens with one attached hydrogen (secondary N) is 2. The van der Waals surface area contributed by atoms with Gasteiger partial charge < -0.3 is 14.8 Å². The highest BCUT2D eigenvalue weighted by Crippen LogP contribution is 2.29. The number of carbonyl (C=O) groups excluding carboxylic acids is 1. The Bertz CT molecular complexity index is 557. The van der Waals surface area contributed by atoms with E-state index in [0.717, 1.165) is 0 Å². The van der Waals surface area contributed by atoms with Crippen molar-refractivity contribution >= 4 is 28.2 Å². The van der Waals surface area contributed by atoms with Crippen molar-refractivity contribution in [2.24, 2.45) is 0 Å². The smallest absolute Gasteiger partial charge is 0.325 e. The summed E-state index contributed by atoms with van der Waals surface area (Å²) in [5.74, 6) is 1.16. The highest BCUT2D eigenvalue weighted by molar-refractivity contribution is 7.13. The third kappa shape index (κ3) is 3.35. The topological polar surface area (TPSA) is 72.5 Å². The molecule has 0 spiro atoms. The van der Waals surface area contributed by atoms with Gasteiger partial charge in [0.05, 0.1) is 14.2 Å². The molecule has 1 aromatic carbocycles. The van der Waals surface area contributed by atoms with E-state index in [4.69, 9.17) is 9.47 Å². The van der Waals surface area contributed by atoms with Crippen LogP contribution < -0.4 is 20.1 Å². The lowest BCUT2D eigenvalue weighted by Crippen LogP contribution is -2.19. The third-order valence-corrected chi connectivity index (χ3v) is 2.98. The van der Waals surface area contributed by atoms with Gasteiger partial charge in [-0.15, -0.1) is 11.3 Å². The second-order valence-electron chi connectivity index (χ2n) is 3.49. The van der Waals surface area contributed by atoms with E-state index >= 15 is 0 Å². The summed E-state index contributed by atoms with van der Waals surface area (Å²) in [4.78, 5) is 15.7. The molecule has 19 heavy (non-hydrogen) atoms. The minimum Gasteiger partial charge on any atom is -0.493 e. The molecular weight excluding hydrogens is 266 g/mol. The van der Waals surface area contributed by atoms with Crippen LogP contribution in [0.1, 0.15) is 0 Å². The van der Waals surface area contributed by atoms with Crippen molar-refractivity contribution in [1.29, 1.82) is 0 Å². The summed E-state index contributed by atoms with van der Waals surface area (Å²) in [7, 11) is 3.09. The number of hydrogen-bond acceptors (Lipinski definition) is 5. The van der Waals surface area contributed by atoms with E-state index in [1.165, 1.54) is 18.4 Å². The predicted molar refractivity (Wildman–Crippen MR) is 74.3 cm³/mol. The molecule has 0 aliphatic heterocycles. The summed E-state index contributed by atoms with van der Waals surface area (Å²) >= 11 is 1.35. The summed E-state index contributed by atoms with van der Waals surface area (Å²) < 4.78 is 10.3. The molecule has 0 atom stereocenters. The first-order chi connectivity index (χ1) is 9.22. The molecule has 1 heterocycles. The van der Waals surface area contributed by atoms with Crippen molar-refractivity contribution in [1.82, 2.24) is 4.98 Å². The normalized spacial score (nSPS) is 9.79. The first kappa shape index (κ1) is 13.2. The summed E-state index contributed by atoms with van der Waals surface area (Å²) in [5, 5.41) is 7.63. The predicted octanol–water partition coefficient (Wildman–Crippen LogP) is 2.80. The van der Waals surface area contributed by atoms with Crippen LogP contribution in [0.3, 0.4) is 0 Å². The number of hydrogen-bond donors (Lipinski definition) is 2. The SMILES string of the molecule is COc1ccc(NC(=O)Nc2nccs2)cc1OC. The fourth-order valence-corrected chi connectivity index (χ4v) is 1.98. The van der Waals surface area contributed by atoms with Gasteiger partial charge >= 0.3 is 6.03 Å². The Morgan fingerprint density at radius 3 is 2.63 bits per heavy atom. The Labute approximate surface area is 114 Å². The molecule has 0 radical (unpaired) electrons. The van der Waals surface area contributed by atoms with Gasteiger partial charge in [0.1, 0.15) is 0 Å². The molecule has 2 amide bonds. The number of aromatic nitrogens is 1. The van der Waals surface area contributed by atoms with Gasteiger partial charge in [0.2, 0.25) is 0 Å². The van der Waals surface area contributed by atoms with Gasteiger partial charge in [-0.3, -0.25) is 5.32 Å². The van der Waals surface area contributed by atoms with Crippen molar-refractivity contribution in [2.45, 2.75) is 0 Å². The van der Waals surface area contributed by atoms with Crippen molar-refractivity contribution < 1.29 is 14.3 Å². The van der Waals surface area contributed by atoms with Crippen LogP contribution in [-0.4, -0.2) is 25.2 Å². The molecule has 1 aromatic heterocycles. The molecular formula is C12H13N3O3S. The average Bonchev–Trinajstić information content (AvgIpc) is 2.91. The third-order valence-electron chi connectivity index (χ3n) is 2.29. The van der Waals surface area contributed by atoms with E-state index in [2.05, 4.69) is 15.6 Å². The monoisotopic (exact) mass is 279 g/mol. The highest BCUT2D eigenvalue weighted by Gasteiger charge is 2.08. The molecule has 100 valence electrons. The Balaban J connectivity index is 2.04. The van der Waals surface area contributed by atoms with E-state index in [1.54, 1.807) is 36.9 Å². The summed E-state index contributed by atoms with van der Waals surface area (Å²) in [6, 6.07) is 4.77. The maximum absolute atomic E-state index is 11.7. The lowest BCUT2D eigenvalue weighted by molar-refractivity contribution is 0.262. The highest BCUT2D eigenvalue weighted by atomic mass is 32.1. The van der Waals surface area contributed by atoms with Gasteiger partial charge in [-0.05, 0) is 12.1 Å². The maximum atomic E-state index is 11.7. The Morgan fingerprint density at radius 1 is 1.21 bits per heavy atom. The number of methoxy groups -OCH3 is 2. The minimum atomic E-state index is -0.359. The second kappa shape index (κ2) is 6.05. The van der Waals surface area contributed by atoms with Gasteiger partial charge in [0.25, 0.3) is 0 Å². The molecule has 2 aromatic rings. The fourth-order valence-electron chi connectivity index (χ4n) is 1.46. The fraction of sp³-hybridized carbons (Fsp3) is 0.167. The van der Waals surface area contributed by atoms with Crippen LogP contribution in [-0.2, 0) is 0 Å². The lowest BCUT2D eigenvalue weighted by Gasteiger charge is -2.10. The van der Waals surface area contributed by atoms with E-state index < -0.39 is 0 Å². The van der Waals surface area contributed by atoms with E-state index in [1.807, 2.05) is 0 Å². The van der Waals surface area contributed by atoms with Crippen LogP contribution in [0.4, 0.5) is 15.6 Å². The van der Waals surface area contributed by atoms with Crippen LogP contribution in [0.5, 0.6) is 11.5 Å². The molecule has 0 fully saturated rings. The first-order valence-corrected chi connectivity index (χ1v) is 6.30. The Kier molecular flexibility index (Phi) is 4.19. The summed E-state index contributed by atoms with van der Waals surface area (Å²) in [5.41, 5.74) is 0.603. The standard InChI is InChI=1S/C12H13N3O3S/c1-17-9-4-3-8(7-10(9)18-2)14-11(16)15-12-13-5-6-19-12/h3-7H,1-2H3,(H2,13,14,15,16). The number of ether oxygens (including phenoxy) is 2. The van der Waals surface area contributed by atoms with Gasteiger partial charge in [-0.2, -0.15) is 0 Å². The van der Waals surface area contributed by atoms with Crippen LogP contribution >= 0.6 is 11.3 Å². The molecule has 0 saturated carbocycles. The van der Waals surface area contributed by atoms with E-state index in [9.17, 15) is 4.79 Å². The molecule has 2 N–H and O–H groups in total. The number of carbonyl (C=O) groups is 1. The minimum absolute atomic E-state index is 0.359. The molecule has 7 heteroatoms. The number of benzene rings is 1. The average molecular weight is 279 g/mol. The lowest BCUT2D eigenvalue weighted by atomic mass is 10.3. The Morgan fingerprint density at radius 2 is 2.00 bits per heavy atom. The molecule has 2 rings (SSSR count). The van der Waals surface area contributed by atoms with Crippen LogP contribution in [0.15, 0.2) is 29.8 Å². The Hall–Kier alpha value is -2.28. The number of anilines is 2. The number of nitrogens with zero attached hydrogens (tertiary/aromatic N) is 1. The zero-order valence-corrected chi connectivity index (χ0v) is 11.3. The van der Waals surface area contributed by atoms with Gasteiger partial charge in [0.15, 0.2) is 16.6 Å². The molecule has 6 nitrogen and oxygen atoms in total. The molecule has 0 aliphatic carbocycles. The molecule has 0 unspecified atom stereocenters. The maximum Gasteiger partial charge on any atom is 0.325 e. The molecule has 0 bridgehead atoms. The summed E-state index contributed by atoms with van der Waals surface area (Å²) in [6.45, 7) is 0. The van der Waals surface area contributed by atoms with Crippen LogP contribution in [0.25, 0.3) is 0 Å². The number of thiazole rings is 1. The number of amides is 2.